The zero-order valence-electron chi connectivity index (χ0n) is 6.02. The standard InChI is InChI=1S/C6H8N4O/c1-4(11)10-6(8)5(2-7)3-9-10/h3-4,11H,8H2,1H3. The number of hydrogen-bond acceptors (Lipinski definition) is 4. The summed E-state index contributed by atoms with van der Waals surface area (Å²) in [6, 6.07) is 1.85. The van der Waals surface area contributed by atoms with Crippen molar-refractivity contribution in [2.45, 2.75) is 13.2 Å². The quantitative estimate of drug-likeness (QED) is 0.585. The molecule has 0 aliphatic carbocycles. The van der Waals surface area contributed by atoms with Crippen LogP contribution in [0.5, 0.6) is 0 Å². The molecule has 5 heteroatoms. The SMILES string of the molecule is CC(O)n1ncc(C#N)c1N. The Morgan fingerprint density at radius 3 is 2.82 bits per heavy atom. The van der Waals surface area contributed by atoms with Crippen molar-refractivity contribution in [2.75, 3.05) is 5.73 Å². The van der Waals surface area contributed by atoms with Gasteiger partial charge < -0.3 is 10.8 Å². The second-order valence-corrected chi connectivity index (χ2v) is 2.13. The Labute approximate surface area is 63.7 Å². The van der Waals surface area contributed by atoms with Gasteiger partial charge in [0.25, 0.3) is 0 Å². The lowest BCUT2D eigenvalue weighted by molar-refractivity contribution is 0.113. The highest BCUT2D eigenvalue weighted by Gasteiger charge is 2.08. The molecule has 1 aromatic heterocycles. The van der Waals surface area contributed by atoms with Crippen molar-refractivity contribution in [2.24, 2.45) is 0 Å². The van der Waals surface area contributed by atoms with Gasteiger partial charge in [0.1, 0.15) is 23.7 Å². The van der Waals surface area contributed by atoms with Crippen LogP contribution in [0, 0.1) is 11.3 Å². The highest BCUT2D eigenvalue weighted by Crippen LogP contribution is 2.12. The molecule has 1 unspecified atom stereocenters. The topological polar surface area (TPSA) is 87.9 Å². The Morgan fingerprint density at radius 1 is 1.91 bits per heavy atom. The maximum absolute atomic E-state index is 9.02. The molecule has 0 saturated carbocycles. The first-order valence-corrected chi connectivity index (χ1v) is 3.08. The summed E-state index contributed by atoms with van der Waals surface area (Å²) in [7, 11) is 0. The Balaban J connectivity index is 3.13. The van der Waals surface area contributed by atoms with E-state index in [1.807, 2.05) is 6.07 Å². The smallest absolute Gasteiger partial charge is 0.146 e. The van der Waals surface area contributed by atoms with Gasteiger partial charge in [-0.3, -0.25) is 0 Å². The Kier molecular flexibility index (Phi) is 1.79. The molecule has 0 amide bonds. The number of rotatable bonds is 1. The van der Waals surface area contributed by atoms with Crippen LogP contribution in [-0.2, 0) is 0 Å². The molecule has 0 spiro atoms. The summed E-state index contributed by atoms with van der Waals surface area (Å²) in [5.41, 5.74) is 5.72. The number of aliphatic hydroxyl groups excluding tert-OH is 1. The number of aromatic nitrogens is 2. The lowest BCUT2D eigenvalue weighted by atomic mass is 10.4. The predicted molar refractivity (Wildman–Crippen MR) is 38.3 cm³/mol. The van der Waals surface area contributed by atoms with E-state index in [9.17, 15) is 0 Å². The van der Waals surface area contributed by atoms with E-state index < -0.39 is 6.23 Å². The summed E-state index contributed by atoms with van der Waals surface area (Å²) < 4.78 is 1.18. The molecular formula is C6H8N4O. The van der Waals surface area contributed by atoms with Crippen molar-refractivity contribution in [1.82, 2.24) is 9.78 Å². The second-order valence-electron chi connectivity index (χ2n) is 2.13. The Hall–Kier alpha value is -1.54. The van der Waals surface area contributed by atoms with Gasteiger partial charge in [0.05, 0.1) is 6.20 Å². The van der Waals surface area contributed by atoms with E-state index in [1.165, 1.54) is 17.8 Å². The number of nitrogens with two attached hydrogens (primary N) is 1. The maximum Gasteiger partial charge on any atom is 0.146 e. The molecule has 0 radical (unpaired) electrons. The molecule has 1 aromatic rings. The number of hydrogen-bond donors (Lipinski definition) is 2. The molecule has 1 heterocycles. The van der Waals surface area contributed by atoms with E-state index >= 15 is 0 Å². The van der Waals surface area contributed by atoms with Crippen LogP contribution >= 0.6 is 0 Å². The van der Waals surface area contributed by atoms with Crippen LogP contribution < -0.4 is 5.73 Å². The monoisotopic (exact) mass is 152 g/mol. The summed E-state index contributed by atoms with van der Waals surface area (Å²) in [6.45, 7) is 1.52. The van der Waals surface area contributed by atoms with Crippen LogP contribution in [0.25, 0.3) is 0 Å². The largest absolute Gasteiger partial charge is 0.383 e. The molecule has 11 heavy (non-hydrogen) atoms. The number of nitriles is 1. The zero-order chi connectivity index (χ0) is 8.43. The Morgan fingerprint density at radius 2 is 2.55 bits per heavy atom. The average Bonchev–Trinajstić information content (AvgIpc) is 2.30. The molecular weight excluding hydrogens is 144 g/mol. The van der Waals surface area contributed by atoms with E-state index in [-0.39, 0.29) is 11.4 Å². The third kappa shape index (κ3) is 1.16. The summed E-state index contributed by atoms with van der Waals surface area (Å²) in [5, 5.41) is 21.2. The first-order chi connectivity index (χ1) is 5.16. The fraction of sp³-hybridized carbons (Fsp3) is 0.333. The van der Waals surface area contributed by atoms with Crippen molar-refractivity contribution in [3.8, 4) is 6.07 Å². The van der Waals surface area contributed by atoms with Gasteiger partial charge in [0, 0.05) is 0 Å². The van der Waals surface area contributed by atoms with Crippen LogP contribution in [0.15, 0.2) is 6.20 Å². The van der Waals surface area contributed by atoms with Crippen LogP contribution in [0.3, 0.4) is 0 Å². The number of nitrogen functional groups attached to an aromatic ring is 1. The van der Waals surface area contributed by atoms with Crippen molar-refractivity contribution < 1.29 is 5.11 Å². The first kappa shape index (κ1) is 7.57. The molecule has 3 N–H and O–H groups in total. The minimum Gasteiger partial charge on any atom is -0.383 e. The molecule has 0 aliphatic rings. The number of anilines is 1. The fourth-order valence-corrected chi connectivity index (χ4v) is 0.756. The van der Waals surface area contributed by atoms with E-state index in [1.54, 1.807) is 0 Å². The van der Waals surface area contributed by atoms with Crippen molar-refractivity contribution >= 4 is 5.82 Å². The molecule has 0 bridgehead atoms. The summed E-state index contributed by atoms with van der Waals surface area (Å²) >= 11 is 0. The number of nitrogens with zero attached hydrogens (tertiary/aromatic N) is 3. The molecule has 0 saturated heterocycles. The van der Waals surface area contributed by atoms with E-state index in [0.717, 1.165) is 0 Å². The fourth-order valence-electron chi connectivity index (χ4n) is 0.756. The van der Waals surface area contributed by atoms with Crippen LogP contribution in [0.1, 0.15) is 18.7 Å². The van der Waals surface area contributed by atoms with E-state index in [4.69, 9.17) is 16.1 Å². The molecule has 1 atom stereocenters. The van der Waals surface area contributed by atoms with Crippen molar-refractivity contribution in [1.29, 1.82) is 5.26 Å². The van der Waals surface area contributed by atoms with Gasteiger partial charge in [-0.25, -0.2) is 4.68 Å². The molecule has 1 rings (SSSR count). The van der Waals surface area contributed by atoms with Crippen molar-refractivity contribution in [3.05, 3.63) is 11.8 Å². The van der Waals surface area contributed by atoms with Crippen LogP contribution in [0.4, 0.5) is 5.82 Å². The molecule has 58 valence electrons. The Bertz CT molecular complexity index is 296. The highest BCUT2D eigenvalue weighted by molar-refractivity contribution is 5.47. The summed E-state index contributed by atoms with van der Waals surface area (Å²) in [6.07, 6.45) is 0.527. The van der Waals surface area contributed by atoms with Gasteiger partial charge in [0.15, 0.2) is 0 Å². The average molecular weight is 152 g/mol. The van der Waals surface area contributed by atoms with Gasteiger partial charge in [-0.2, -0.15) is 10.4 Å². The maximum atomic E-state index is 9.02. The lowest BCUT2D eigenvalue weighted by Gasteiger charge is -2.05. The summed E-state index contributed by atoms with van der Waals surface area (Å²) in [4.78, 5) is 0. The van der Waals surface area contributed by atoms with E-state index in [0.29, 0.717) is 0 Å². The minimum atomic E-state index is -0.794. The summed E-state index contributed by atoms with van der Waals surface area (Å²) in [5.74, 6) is 0.197. The van der Waals surface area contributed by atoms with Crippen molar-refractivity contribution in [3.63, 3.8) is 0 Å². The third-order valence-corrected chi connectivity index (χ3v) is 1.31. The van der Waals surface area contributed by atoms with Gasteiger partial charge in [0.2, 0.25) is 0 Å². The number of aliphatic hydroxyl groups is 1. The first-order valence-electron chi connectivity index (χ1n) is 3.08. The van der Waals surface area contributed by atoms with Gasteiger partial charge in [-0.05, 0) is 6.92 Å². The normalized spacial score (nSPS) is 12.5. The third-order valence-electron chi connectivity index (χ3n) is 1.31. The molecule has 5 nitrogen and oxygen atoms in total. The zero-order valence-corrected chi connectivity index (χ0v) is 6.02. The van der Waals surface area contributed by atoms with Crippen LogP contribution in [0.2, 0.25) is 0 Å². The van der Waals surface area contributed by atoms with Gasteiger partial charge >= 0.3 is 0 Å². The predicted octanol–water partition coefficient (Wildman–Crippen LogP) is -0.152. The van der Waals surface area contributed by atoms with E-state index in [2.05, 4.69) is 5.10 Å². The molecule has 0 aliphatic heterocycles. The van der Waals surface area contributed by atoms with Gasteiger partial charge in [-0.15, -0.1) is 0 Å². The second kappa shape index (κ2) is 2.60. The minimum absolute atomic E-state index is 0.197. The molecule has 0 aromatic carbocycles. The lowest BCUT2D eigenvalue weighted by Crippen LogP contribution is -2.09. The highest BCUT2D eigenvalue weighted by atomic mass is 16.3. The van der Waals surface area contributed by atoms with Crippen LogP contribution in [-0.4, -0.2) is 14.9 Å². The van der Waals surface area contributed by atoms with Gasteiger partial charge in [-0.1, -0.05) is 0 Å². The molecule has 0 fully saturated rings.